The number of hydrogen-bond donors (Lipinski definition) is 4. The lowest BCUT2D eigenvalue weighted by Crippen LogP contribution is -2.59. The van der Waals surface area contributed by atoms with Crippen molar-refractivity contribution < 1.29 is 29.9 Å². The van der Waals surface area contributed by atoms with Crippen LogP contribution in [0.2, 0.25) is 0 Å². The summed E-state index contributed by atoms with van der Waals surface area (Å²) in [6.45, 7) is -0.473. The fraction of sp³-hybridized carbons (Fsp3) is 1.00. The van der Waals surface area contributed by atoms with Gasteiger partial charge in [-0.2, -0.15) is 0 Å². The number of ether oxygens (including phenoxy) is 2. The van der Waals surface area contributed by atoms with E-state index < -0.39 is 37.3 Å². The van der Waals surface area contributed by atoms with Gasteiger partial charge in [0.05, 0.1) is 13.2 Å². The molecular weight excluding hydrogens is 234 g/mol. The first-order valence-corrected chi connectivity index (χ1v) is 5.04. The third-order valence-electron chi connectivity index (χ3n) is 2.39. The van der Waals surface area contributed by atoms with Crippen molar-refractivity contribution in [2.24, 2.45) is 5.11 Å². The van der Waals surface area contributed by atoms with E-state index >= 15 is 0 Å². The summed E-state index contributed by atoms with van der Waals surface area (Å²) in [7, 11) is 0. The Bertz CT molecular complexity index is 282. The van der Waals surface area contributed by atoms with Crippen molar-refractivity contribution in [1.29, 1.82) is 0 Å². The predicted molar refractivity (Wildman–Crippen MR) is 53.7 cm³/mol. The topological polar surface area (TPSA) is 148 Å². The molecule has 0 amide bonds. The van der Waals surface area contributed by atoms with Crippen molar-refractivity contribution >= 4 is 0 Å². The van der Waals surface area contributed by atoms with E-state index in [0.29, 0.717) is 0 Å². The summed E-state index contributed by atoms with van der Waals surface area (Å²) in [5, 5.41) is 40.5. The molecule has 4 N–H and O–H groups in total. The van der Waals surface area contributed by atoms with E-state index in [4.69, 9.17) is 20.1 Å². The Kier molecular flexibility index (Phi) is 5.59. The van der Waals surface area contributed by atoms with Crippen molar-refractivity contribution in [1.82, 2.24) is 0 Å². The van der Waals surface area contributed by atoms with Gasteiger partial charge in [0.2, 0.25) is 0 Å². The van der Waals surface area contributed by atoms with Crippen LogP contribution >= 0.6 is 0 Å². The average Bonchev–Trinajstić information content (AvgIpc) is 2.34. The first-order chi connectivity index (χ1) is 8.11. The van der Waals surface area contributed by atoms with Crippen LogP contribution in [0.5, 0.6) is 0 Å². The highest BCUT2D eigenvalue weighted by Gasteiger charge is 2.43. The monoisotopic (exact) mass is 249 g/mol. The fourth-order valence-corrected chi connectivity index (χ4v) is 1.46. The highest BCUT2D eigenvalue weighted by Crippen LogP contribution is 2.21. The minimum atomic E-state index is -1.47. The minimum Gasteiger partial charge on any atom is -0.394 e. The summed E-state index contributed by atoms with van der Waals surface area (Å²) in [6, 6.07) is 0. The second-order valence-electron chi connectivity index (χ2n) is 3.52. The second-order valence-corrected chi connectivity index (χ2v) is 3.52. The summed E-state index contributed by atoms with van der Waals surface area (Å²) >= 11 is 0. The Morgan fingerprint density at radius 3 is 2.53 bits per heavy atom. The van der Waals surface area contributed by atoms with Crippen molar-refractivity contribution in [3.05, 3.63) is 10.4 Å². The molecule has 1 heterocycles. The van der Waals surface area contributed by atoms with E-state index in [0.717, 1.165) is 0 Å². The SMILES string of the molecule is [N-]=[N+]=NCCOC1O[C@H](CO)[C@H](O)[C@H](O)[C@H]1O. The summed E-state index contributed by atoms with van der Waals surface area (Å²) in [4.78, 5) is 2.51. The molecule has 1 rings (SSSR count). The van der Waals surface area contributed by atoms with Crippen LogP contribution in [0.1, 0.15) is 0 Å². The van der Waals surface area contributed by atoms with Crippen LogP contribution in [0.25, 0.3) is 10.4 Å². The number of nitrogens with zero attached hydrogens (tertiary/aromatic N) is 3. The van der Waals surface area contributed by atoms with E-state index in [1.807, 2.05) is 0 Å². The number of aliphatic hydroxyl groups excluding tert-OH is 4. The molecule has 0 bridgehead atoms. The molecule has 1 unspecified atom stereocenters. The normalized spacial score (nSPS) is 37.5. The van der Waals surface area contributed by atoms with Crippen LogP contribution in [-0.4, -0.2) is 70.9 Å². The molecular formula is C8H15N3O6. The molecule has 9 nitrogen and oxygen atoms in total. The molecule has 0 aromatic heterocycles. The third kappa shape index (κ3) is 3.51. The molecule has 1 fully saturated rings. The number of rotatable bonds is 5. The summed E-state index contributed by atoms with van der Waals surface area (Å²) < 4.78 is 10.1. The molecule has 0 radical (unpaired) electrons. The zero-order chi connectivity index (χ0) is 12.8. The van der Waals surface area contributed by atoms with Gasteiger partial charge in [0.1, 0.15) is 24.4 Å². The van der Waals surface area contributed by atoms with Crippen molar-refractivity contribution in [2.45, 2.75) is 30.7 Å². The van der Waals surface area contributed by atoms with Gasteiger partial charge in [0.25, 0.3) is 0 Å². The number of hydrogen-bond acceptors (Lipinski definition) is 7. The van der Waals surface area contributed by atoms with Gasteiger partial charge in [-0.15, -0.1) is 0 Å². The van der Waals surface area contributed by atoms with Gasteiger partial charge in [-0.1, -0.05) is 5.11 Å². The van der Waals surface area contributed by atoms with Crippen LogP contribution < -0.4 is 0 Å². The summed E-state index contributed by atoms with van der Waals surface area (Å²) in [5.74, 6) is 0. The Labute approximate surface area is 96.8 Å². The lowest BCUT2D eigenvalue weighted by molar-refractivity contribution is -0.300. The zero-order valence-electron chi connectivity index (χ0n) is 8.96. The lowest BCUT2D eigenvalue weighted by Gasteiger charge is -2.39. The van der Waals surface area contributed by atoms with Gasteiger partial charge >= 0.3 is 0 Å². The standard InChI is InChI=1S/C8H15N3O6/c9-11-10-1-2-16-8-7(15)6(14)5(13)4(3-12)17-8/h4-8,12-15H,1-3H2/t4-,5+,6+,7-,8?/m1/s1. The minimum absolute atomic E-state index is 0.00719. The molecule has 17 heavy (non-hydrogen) atoms. The Hall–Kier alpha value is -0.930. The molecule has 0 spiro atoms. The fourth-order valence-electron chi connectivity index (χ4n) is 1.46. The van der Waals surface area contributed by atoms with Crippen molar-refractivity contribution in [2.75, 3.05) is 19.8 Å². The van der Waals surface area contributed by atoms with E-state index in [1.165, 1.54) is 0 Å². The Morgan fingerprint density at radius 1 is 1.24 bits per heavy atom. The van der Waals surface area contributed by atoms with Gasteiger partial charge in [0, 0.05) is 11.5 Å². The lowest BCUT2D eigenvalue weighted by atomic mass is 9.99. The van der Waals surface area contributed by atoms with Crippen LogP contribution in [0.4, 0.5) is 0 Å². The van der Waals surface area contributed by atoms with E-state index in [1.54, 1.807) is 0 Å². The maximum absolute atomic E-state index is 9.53. The van der Waals surface area contributed by atoms with Crippen molar-refractivity contribution in [3.8, 4) is 0 Å². The molecule has 1 aliphatic heterocycles. The van der Waals surface area contributed by atoms with Gasteiger partial charge in [-0.3, -0.25) is 0 Å². The predicted octanol–water partition coefficient (Wildman–Crippen LogP) is -1.89. The van der Waals surface area contributed by atoms with Crippen LogP contribution in [-0.2, 0) is 9.47 Å². The molecule has 5 atom stereocenters. The molecule has 1 aliphatic rings. The Morgan fingerprint density at radius 2 is 1.94 bits per heavy atom. The molecule has 98 valence electrons. The maximum atomic E-state index is 9.53. The first kappa shape index (κ1) is 14.1. The van der Waals surface area contributed by atoms with Gasteiger partial charge < -0.3 is 29.9 Å². The summed E-state index contributed by atoms with van der Waals surface area (Å²) in [6.07, 6.45) is -6.49. The van der Waals surface area contributed by atoms with Gasteiger partial charge in [-0.25, -0.2) is 0 Å². The molecule has 0 aliphatic carbocycles. The first-order valence-electron chi connectivity index (χ1n) is 5.04. The highest BCUT2D eigenvalue weighted by atomic mass is 16.7. The largest absolute Gasteiger partial charge is 0.394 e. The molecule has 0 saturated carbocycles. The highest BCUT2D eigenvalue weighted by molar-refractivity contribution is 4.88. The van der Waals surface area contributed by atoms with Crippen molar-refractivity contribution in [3.63, 3.8) is 0 Å². The van der Waals surface area contributed by atoms with E-state index in [2.05, 4.69) is 10.0 Å². The average molecular weight is 249 g/mol. The van der Waals surface area contributed by atoms with Crippen LogP contribution in [0.15, 0.2) is 5.11 Å². The quantitative estimate of drug-likeness (QED) is 0.194. The third-order valence-corrected chi connectivity index (χ3v) is 2.39. The smallest absolute Gasteiger partial charge is 0.186 e. The number of azide groups is 1. The number of aliphatic hydroxyl groups is 4. The van der Waals surface area contributed by atoms with Crippen LogP contribution in [0.3, 0.4) is 0 Å². The zero-order valence-corrected chi connectivity index (χ0v) is 8.96. The molecule has 9 heteroatoms. The second kappa shape index (κ2) is 6.72. The molecule has 1 saturated heterocycles. The molecule has 0 aromatic carbocycles. The van der Waals surface area contributed by atoms with E-state index in [-0.39, 0.29) is 13.2 Å². The summed E-state index contributed by atoms with van der Waals surface area (Å²) in [5.41, 5.74) is 8.03. The van der Waals surface area contributed by atoms with Gasteiger partial charge in [0.15, 0.2) is 6.29 Å². The molecule has 0 aromatic rings. The van der Waals surface area contributed by atoms with Crippen LogP contribution in [0, 0.1) is 0 Å². The maximum Gasteiger partial charge on any atom is 0.186 e. The Balaban J connectivity index is 2.50. The van der Waals surface area contributed by atoms with Gasteiger partial charge in [-0.05, 0) is 5.53 Å². The van der Waals surface area contributed by atoms with E-state index in [9.17, 15) is 15.3 Å².